The van der Waals surface area contributed by atoms with E-state index in [1.54, 1.807) is 0 Å². The molecule has 0 aliphatic rings. The highest BCUT2D eigenvalue weighted by atomic mass is 35.7. The molecule has 0 radical (unpaired) electrons. The van der Waals surface area contributed by atoms with Gasteiger partial charge in [0.25, 0.3) is 14.7 Å². The Morgan fingerprint density at radius 2 is 2.14 bits per heavy atom. The van der Waals surface area contributed by atoms with Crippen molar-refractivity contribution >= 4 is 25.4 Å². The van der Waals surface area contributed by atoms with Gasteiger partial charge in [0.15, 0.2) is 5.03 Å². The van der Waals surface area contributed by atoms with E-state index in [-0.39, 0.29) is 16.3 Å². The van der Waals surface area contributed by atoms with Gasteiger partial charge in [-0.2, -0.15) is 0 Å². The lowest BCUT2D eigenvalue weighted by molar-refractivity contribution is -0.385. The Kier molecular flexibility index (Phi) is 2.72. The van der Waals surface area contributed by atoms with Crippen molar-refractivity contribution in [2.45, 2.75) is 11.9 Å². The second-order valence-corrected chi connectivity index (χ2v) is 5.02. The van der Waals surface area contributed by atoms with Crippen molar-refractivity contribution in [3.8, 4) is 0 Å². The Balaban J connectivity index is 3.34. The largest absolute Gasteiger partial charge is 0.290 e. The summed E-state index contributed by atoms with van der Waals surface area (Å²) >= 11 is 0. The monoisotopic (exact) mass is 236 g/mol. The maximum atomic E-state index is 10.8. The molecule has 0 aliphatic carbocycles. The predicted molar refractivity (Wildman–Crippen MR) is 48.7 cm³/mol. The summed E-state index contributed by atoms with van der Waals surface area (Å²) in [6, 6.07) is 1.06. The van der Waals surface area contributed by atoms with Gasteiger partial charge in [-0.25, -0.2) is 13.4 Å². The quantitative estimate of drug-likeness (QED) is 0.438. The molecule has 1 aromatic rings. The first kappa shape index (κ1) is 10.9. The number of pyridine rings is 1. The third kappa shape index (κ3) is 2.18. The van der Waals surface area contributed by atoms with E-state index in [0.29, 0.717) is 0 Å². The van der Waals surface area contributed by atoms with Crippen LogP contribution in [0.1, 0.15) is 5.56 Å². The third-order valence-electron chi connectivity index (χ3n) is 1.50. The van der Waals surface area contributed by atoms with E-state index in [1.165, 1.54) is 6.92 Å². The van der Waals surface area contributed by atoms with Crippen LogP contribution in [0.15, 0.2) is 17.3 Å². The second-order valence-electron chi connectivity index (χ2n) is 2.50. The minimum Gasteiger partial charge on any atom is -0.258 e. The number of halogens is 1. The third-order valence-corrected chi connectivity index (χ3v) is 2.70. The summed E-state index contributed by atoms with van der Waals surface area (Å²) in [6.07, 6.45) is 0.866. The number of nitrogens with zero attached hydrogens (tertiary/aromatic N) is 2. The summed E-state index contributed by atoms with van der Waals surface area (Å²) in [5.74, 6) is 0. The Morgan fingerprint density at radius 1 is 1.57 bits per heavy atom. The SMILES string of the molecule is Cc1cc(S(=O)(=O)Cl)ncc1[N+](=O)[O-]. The van der Waals surface area contributed by atoms with Crippen LogP contribution in [0.2, 0.25) is 0 Å². The van der Waals surface area contributed by atoms with Crippen molar-refractivity contribution < 1.29 is 13.3 Å². The van der Waals surface area contributed by atoms with Crippen molar-refractivity contribution in [3.05, 3.63) is 27.9 Å². The zero-order valence-electron chi connectivity index (χ0n) is 6.97. The Labute approximate surface area is 84.1 Å². The van der Waals surface area contributed by atoms with Gasteiger partial charge >= 0.3 is 0 Å². The fourth-order valence-corrected chi connectivity index (χ4v) is 1.60. The molecule has 1 rings (SSSR count). The van der Waals surface area contributed by atoms with Gasteiger partial charge in [0.1, 0.15) is 6.20 Å². The van der Waals surface area contributed by atoms with Crippen molar-refractivity contribution in [1.82, 2.24) is 4.98 Å². The molecule has 6 nitrogen and oxygen atoms in total. The van der Waals surface area contributed by atoms with Crippen LogP contribution in [0.4, 0.5) is 5.69 Å². The molecular formula is C6H5ClN2O4S. The summed E-state index contributed by atoms with van der Waals surface area (Å²) < 4.78 is 21.6. The van der Waals surface area contributed by atoms with Crippen molar-refractivity contribution in [2.24, 2.45) is 0 Å². The molecule has 0 aromatic carbocycles. The van der Waals surface area contributed by atoms with E-state index in [4.69, 9.17) is 10.7 Å². The summed E-state index contributed by atoms with van der Waals surface area (Å²) in [7, 11) is 1.07. The zero-order chi connectivity index (χ0) is 10.9. The number of aromatic nitrogens is 1. The molecule has 1 aromatic heterocycles. The van der Waals surface area contributed by atoms with Gasteiger partial charge in [-0.1, -0.05) is 0 Å². The van der Waals surface area contributed by atoms with Gasteiger partial charge in [-0.3, -0.25) is 10.1 Å². The van der Waals surface area contributed by atoms with Gasteiger partial charge in [0.2, 0.25) is 0 Å². The van der Waals surface area contributed by atoms with Gasteiger partial charge in [0, 0.05) is 16.2 Å². The summed E-state index contributed by atoms with van der Waals surface area (Å²) in [5.41, 5.74) is -0.0432. The van der Waals surface area contributed by atoms with Crippen LogP contribution in [0, 0.1) is 17.0 Å². The van der Waals surface area contributed by atoms with E-state index in [2.05, 4.69) is 4.98 Å². The average Bonchev–Trinajstić information content (AvgIpc) is 2.01. The molecule has 0 amide bonds. The van der Waals surface area contributed by atoms with Crippen molar-refractivity contribution in [3.63, 3.8) is 0 Å². The summed E-state index contributed by atoms with van der Waals surface area (Å²) in [4.78, 5) is 13.1. The number of nitro groups is 1. The van der Waals surface area contributed by atoms with Gasteiger partial charge in [-0.15, -0.1) is 0 Å². The molecule has 0 aliphatic heterocycles. The fourth-order valence-electron chi connectivity index (χ4n) is 0.847. The lowest BCUT2D eigenvalue weighted by Crippen LogP contribution is -1.99. The van der Waals surface area contributed by atoms with E-state index >= 15 is 0 Å². The van der Waals surface area contributed by atoms with Crippen LogP contribution < -0.4 is 0 Å². The maximum absolute atomic E-state index is 10.8. The molecule has 0 N–H and O–H groups in total. The lowest BCUT2D eigenvalue weighted by atomic mass is 10.3. The van der Waals surface area contributed by atoms with E-state index in [1.807, 2.05) is 0 Å². The molecule has 76 valence electrons. The average molecular weight is 237 g/mol. The van der Waals surface area contributed by atoms with Crippen LogP contribution in [-0.4, -0.2) is 18.3 Å². The number of hydrogen-bond donors (Lipinski definition) is 0. The van der Waals surface area contributed by atoms with Crippen LogP contribution in [0.25, 0.3) is 0 Å². The van der Waals surface area contributed by atoms with E-state index in [0.717, 1.165) is 12.3 Å². The highest BCUT2D eigenvalue weighted by molar-refractivity contribution is 8.13. The number of aryl methyl sites for hydroxylation is 1. The van der Waals surface area contributed by atoms with E-state index < -0.39 is 14.0 Å². The standard InChI is InChI=1S/C6H5ClN2O4S/c1-4-2-6(14(7,12)13)8-3-5(4)9(10)11/h2-3H,1H3. The molecule has 0 spiro atoms. The molecule has 0 fully saturated rings. The molecule has 8 heteroatoms. The summed E-state index contributed by atoms with van der Waals surface area (Å²) in [6.45, 7) is 1.41. The molecule has 14 heavy (non-hydrogen) atoms. The summed E-state index contributed by atoms with van der Waals surface area (Å²) in [5, 5.41) is 9.98. The first-order valence-corrected chi connectivity index (χ1v) is 5.69. The van der Waals surface area contributed by atoms with Crippen molar-refractivity contribution in [1.29, 1.82) is 0 Å². The zero-order valence-corrected chi connectivity index (χ0v) is 8.54. The molecular weight excluding hydrogens is 232 g/mol. The smallest absolute Gasteiger partial charge is 0.258 e. The number of hydrogen-bond acceptors (Lipinski definition) is 5. The van der Waals surface area contributed by atoms with Gasteiger partial charge in [0.05, 0.1) is 4.92 Å². The second kappa shape index (κ2) is 3.50. The minimum atomic E-state index is -3.93. The van der Waals surface area contributed by atoms with Crippen LogP contribution in [0.3, 0.4) is 0 Å². The normalized spacial score (nSPS) is 11.3. The maximum Gasteiger partial charge on any atom is 0.290 e. The lowest BCUT2D eigenvalue weighted by Gasteiger charge is -1.98. The van der Waals surface area contributed by atoms with Crippen LogP contribution in [-0.2, 0) is 9.05 Å². The van der Waals surface area contributed by atoms with Gasteiger partial charge in [-0.05, 0) is 13.0 Å². The topological polar surface area (TPSA) is 90.2 Å². The van der Waals surface area contributed by atoms with E-state index in [9.17, 15) is 18.5 Å². The fraction of sp³-hybridized carbons (Fsp3) is 0.167. The Morgan fingerprint density at radius 3 is 2.50 bits per heavy atom. The number of rotatable bonds is 2. The molecule has 0 atom stereocenters. The molecule has 0 unspecified atom stereocenters. The first-order chi connectivity index (χ1) is 6.32. The molecule has 0 saturated carbocycles. The van der Waals surface area contributed by atoms with Crippen LogP contribution in [0.5, 0.6) is 0 Å². The van der Waals surface area contributed by atoms with Crippen LogP contribution >= 0.6 is 10.7 Å². The Bertz CT molecular complexity index is 485. The molecule has 1 heterocycles. The first-order valence-electron chi connectivity index (χ1n) is 3.38. The minimum absolute atomic E-state index is 0.198. The van der Waals surface area contributed by atoms with Gasteiger partial charge < -0.3 is 0 Å². The highest BCUT2D eigenvalue weighted by Crippen LogP contribution is 2.20. The predicted octanol–water partition coefficient (Wildman–Crippen LogP) is 1.23. The molecule has 0 bridgehead atoms. The Hall–Kier alpha value is -1.21. The molecule has 0 saturated heterocycles. The highest BCUT2D eigenvalue weighted by Gasteiger charge is 2.17. The van der Waals surface area contributed by atoms with Crippen molar-refractivity contribution in [2.75, 3.05) is 0 Å².